The van der Waals surface area contributed by atoms with Crippen LogP contribution >= 0.6 is 11.8 Å². The van der Waals surface area contributed by atoms with Gasteiger partial charge in [-0.2, -0.15) is 22.0 Å². The molecular weight excluding hydrogens is 194 g/mol. The predicted octanol–water partition coefficient (Wildman–Crippen LogP) is 1.46. The zero-order valence-electron chi connectivity index (χ0n) is 8.31. The van der Waals surface area contributed by atoms with Crippen LogP contribution in [0.25, 0.3) is 0 Å². The van der Waals surface area contributed by atoms with Gasteiger partial charge in [-0.1, -0.05) is 6.92 Å². The first-order chi connectivity index (χ1) is 6.86. The van der Waals surface area contributed by atoms with Crippen molar-refractivity contribution >= 4 is 11.8 Å². The van der Waals surface area contributed by atoms with Crippen LogP contribution in [0.2, 0.25) is 0 Å². The summed E-state index contributed by atoms with van der Waals surface area (Å²) in [5, 5.41) is 12.2. The Morgan fingerprint density at radius 3 is 3.21 bits per heavy atom. The highest BCUT2D eigenvalue weighted by Gasteiger charge is 2.22. The molecule has 0 spiro atoms. The zero-order valence-corrected chi connectivity index (χ0v) is 9.13. The molecule has 1 fully saturated rings. The second kappa shape index (κ2) is 4.75. The normalized spacial score (nSPS) is 26.6. The molecule has 1 aliphatic rings. The van der Waals surface area contributed by atoms with E-state index < -0.39 is 0 Å². The van der Waals surface area contributed by atoms with Crippen molar-refractivity contribution in [2.24, 2.45) is 0 Å². The standard InChI is InChI=1S/C10H15N3S/c1-8-10(4-6-14-8)11-7-9-3-2-5-12-13-9/h2-3,5,8,10-11H,4,6-7H2,1H3. The molecule has 0 aliphatic carbocycles. The number of hydrogen-bond acceptors (Lipinski definition) is 4. The molecule has 2 atom stereocenters. The van der Waals surface area contributed by atoms with Gasteiger partial charge < -0.3 is 5.32 Å². The van der Waals surface area contributed by atoms with E-state index in [1.54, 1.807) is 6.20 Å². The van der Waals surface area contributed by atoms with Crippen LogP contribution in [0.1, 0.15) is 19.0 Å². The van der Waals surface area contributed by atoms with E-state index >= 15 is 0 Å². The van der Waals surface area contributed by atoms with Crippen molar-refractivity contribution in [3.8, 4) is 0 Å². The Morgan fingerprint density at radius 2 is 2.57 bits per heavy atom. The summed E-state index contributed by atoms with van der Waals surface area (Å²) in [5.74, 6) is 1.28. The van der Waals surface area contributed by atoms with Gasteiger partial charge in [0.15, 0.2) is 0 Å². The molecule has 4 heteroatoms. The molecule has 2 rings (SSSR count). The summed E-state index contributed by atoms with van der Waals surface area (Å²) in [5.41, 5.74) is 1.02. The molecule has 76 valence electrons. The first kappa shape index (κ1) is 9.93. The third kappa shape index (κ3) is 2.45. The Balaban J connectivity index is 1.82. The fourth-order valence-corrected chi connectivity index (χ4v) is 2.89. The molecule has 2 unspecified atom stereocenters. The van der Waals surface area contributed by atoms with Crippen LogP contribution in [-0.4, -0.2) is 27.2 Å². The van der Waals surface area contributed by atoms with Gasteiger partial charge in [0.1, 0.15) is 0 Å². The first-order valence-corrected chi connectivity index (χ1v) is 6.02. The summed E-state index contributed by atoms with van der Waals surface area (Å²) in [4.78, 5) is 0. The minimum atomic E-state index is 0.641. The summed E-state index contributed by atoms with van der Waals surface area (Å²) in [6.45, 7) is 3.12. The van der Waals surface area contributed by atoms with Crippen LogP contribution in [0.3, 0.4) is 0 Å². The second-order valence-corrected chi connectivity index (χ2v) is 5.05. The Morgan fingerprint density at radius 1 is 1.64 bits per heavy atom. The van der Waals surface area contributed by atoms with Gasteiger partial charge in [0.05, 0.1) is 5.69 Å². The van der Waals surface area contributed by atoms with E-state index in [0.29, 0.717) is 6.04 Å². The van der Waals surface area contributed by atoms with Gasteiger partial charge in [-0.3, -0.25) is 0 Å². The van der Waals surface area contributed by atoms with Crippen LogP contribution < -0.4 is 5.32 Å². The SMILES string of the molecule is CC1SCCC1NCc1cccnn1. The summed E-state index contributed by atoms with van der Waals surface area (Å²) in [6.07, 6.45) is 2.98. The van der Waals surface area contributed by atoms with Gasteiger partial charge >= 0.3 is 0 Å². The highest BCUT2D eigenvalue weighted by atomic mass is 32.2. The summed E-state index contributed by atoms with van der Waals surface area (Å²) in [7, 11) is 0. The molecule has 1 aliphatic heterocycles. The first-order valence-electron chi connectivity index (χ1n) is 4.98. The van der Waals surface area contributed by atoms with Crippen LogP contribution in [0, 0.1) is 0 Å². The highest BCUT2D eigenvalue weighted by molar-refractivity contribution is 8.00. The Kier molecular flexibility index (Phi) is 3.37. The van der Waals surface area contributed by atoms with Gasteiger partial charge in [0, 0.05) is 24.0 Å². The fraction of sp³-hybridized carbons (Fsp3) is 0.600. The molecule has 0 radical (unpaired) electrons. The second-order valence-electron chi connectivity index (χ2n) is 3.57. The smallest absolute Gasteiger partial charge is 0.0769 e. The van der Waals surface area contributed by atoms with E-state index in [0.717, 1.165) is 17.5 Å². The Labute approximate surface area is 88.7 Å². The minimum absolute atomic E-state index is 0.641. The number of hydrogen-bond donors (Lipinski definition) is 1. The molecular formula is C10H15N3S. The molecule has 1 N–H and O–H groups in total. The van der Waals surface area contributed by atoms with Crippen molar-refractivity contribution in [1.82, 2.24) is 15.5 Å². The number of aromatic nitrogens is 2. The van der Waals surface area contributed by atoms with E-state index in [2.05, 4.69) is 22.4 Å². The molecule has 0 aromatic carbocycles. The maximum absolute atomic E-state index is 4.05. The monoisotopic (exact) mass is 209 g/mol. The largest absolute Gasteiger partial charge is 0.307 e. The van der Waals surface area contributed by atoms with Gasteiger partial charge in [0.25, 0.3) is 0 Å². The number of nitrogens with zero attached hydrogens (tertiary/aromatic N) is 2. The summed E-state index contributed by atoms with van der Waals surface area (Å²) < 4.78 is 0. The van der Waals surface area contributed by atoms with E-state index in [-0.39, 0.29) is 0 Å². The molecule has 14 heavy (non-hydrogen) atoms. The lowest BCUT2D eigenvalue weighted by Crippen LogP contribution is -2.33. The maximum Gasteiger partial charge on any atom is 0.0769 e. The molecule has 0 bridgehead atoms. The van der Waals surface area contributed by atoms with E-state index in [4.69, 9.17) is 0 Å². The predicted molar refractivity (Wildman–Crippen MR) is 59.2 cm³/mol. The van der Waals surface area contributed by atoms with Crippen molar-refractivity contribution in [1.29, 1.82) is 0 Å². The van der Waals surface area contributed by atoms with Crippen molar-refractivity contribution in [3.63, 3.8) is 0 Å². The van der Waals surface area contributed by atoms with Gasteiger partial charge in [-0.25, -0.2) is 0 Å². The van der Waals surface area contributed by atoms with Crippen molar-refractivity contribution < 1.29 is 0 Å². The number of nitrogens with one attached hydrogen (secondary N) is 1. The van der Waals surface area contributed by atoms with Crippen molar-refractivity contribution in [2.75, 3.05) is 5.75 Å². The Hall–Kier alpha value is -0.610. The van der Waals surface area contributed by atoms with Crippen LogP contribution in [-0.2, 0) is 6.54 Å². The topological polar surface area (TPSA) is 37.8 Å². The van der Waals surface area contributed by atoms with Gasteiger partial charge in [-0.05, 0) is 24.3 Å². The third-order valence-electron chi connectivity index (χ3n) is 2.55. The van der Waals surface area contributed by atoms with Crippen molar-refractivity contribution in [3.05, 3.63) is 24.0 Å². The van der Waals surface area contributed by atoms with Crippen LogP contribution in [0.4, 0.5) is 0 Å². The molecule has 3 nitrogen and oxygen atoms in total. The van der Waals surface area contributed by atoms with E-state index in [1.807, 2.05) is 23.9 Å². The van der Waals surface area contributed by atoms with Crippen LogP contribution in [0.5, 0.6) is 0 Å². The lowest BCUT2D eigenvalue weighted by Gasteiger charge is -2.15. The maximum atomic E-state index is 4.05. The van der Waals surface area contributed by atoms with Gasteiger partial charge in [0.2, 0.25) is 0 Å². The molecule has 2 heterocycles. The fourth-order valence-electron chi connectivity index (χ4n) is 1.66. The summed E-state index contributed by atoms with van der Waals surface area (Å²) in [6, 6.07) is 4.57. The summed E-state index contributed by atoms with van der Waals surface area (Å²) >= 11 is 2.04. The lowest BCUT2D eigenvalue weighted by molar-refractivity contribution is 0.506. The average molecular weight is 209 g/mol. The number of thioether (sulfide) groups is 1. The molecule has 0 saturated carbocycles. The molecule has 1 aromatic heterocycles. The van der Waals surface area contributed by atoms with Crippen LogP contribution in [0.15, 0.2) is 18.3 Å². The van der Waals surface area contributed by atoms with Crippen molar-refractivity contribution in [2.45, 2.75) is 31.2 Å². The quantitative estimate of drug-likeness (QED) is 0.818. The Bertz CT molecular complexity index is 278. The molecule has 1 aromatic rings. The number of rotatable bonds is 3. The third-order valence-corrected chi connectivity index (χ3v) is 3.87. The zero-order chi connectivity index (χ0) is 9.80. The van der Waals surface area contributed by atoms with Gasteiger partial charge in [-0.15, -0.1) is 0 Å². The lowest BCUT2D eigenvalue weighted by atomic mass is 10.1. The van der Waals surface area contributed by atoms with E-state index in [9.17, 15) is 0 Å². The van der Waals surface area contributed by atoms with E-state index in [1.165, 1.54) is 12.2 Å². The highest BCUT2D eigenvalue weighted by Crippen LogP contribution is 2.26. The molecule has 0 amide bonds. The molecule has 1 saturated heterocycles. The average Bonchev–Trinajstić information content (AvgIpc) is 2.63. The minimum Gasteiger partial charge on any atom is -0.307 e.